The van der Waals surface area contributed by atoms with Gasteiger partial charge in [-0.05, 0) is 44.0 Å². The number of hydrogen-bond donors (Lipinski definition) is 1. The first kappa shape index (κ1) is 12.5. The first-order chi connectivity index (χ1) is 8.66. The molecule has 2 heteroatoms. The average molecular weight is 241 g/mol. The molecule has 18 heavy (non-hydrogen) atoms. The molecule has 2 rings (SSSR count). The van der Waals surface area contributed by atoms with E-state index in [1.54, 1.807) is 0 Å². The molecule has 0 amide bonds. The minimum absolute atomic E-state index is 0.0628. The summed E-state index contributed by atoms with van der Waals surface area (Å²) in [6.45, 7) is 6.15. The number of rotatable bonds is 4. The van der Waals surface area contributed by atoms with Crippen LogP contribution in [-0.2, 0) is 0 Å². The Labute approximate surface area is 109 Å². The fourth-order valence-corrected chi connectivity index (χ4v) is 1.96. The summed E-state index contributed by atoms with van der Waals surface area (Å²) in [6.07, 6.45) is -0.0628. The predicted octanol–water partition coefficient (Wildman–Crippen LogP) is 4.14. The summed E-state index contributed by atoms with van der Waals surface area (Å²) < 4.78 is 5.97. The monoisotopic (exact) mass is 241 g/mol. The van der Waals surface area contributed by atoms with Crippen LogP contribution in [0, 0.1) is 13.8 Å². The average Bonchev–Trinajstić information content (AvgIpc) is 2.35. The summed E-state index contributed by atoms with van der Waals surface area (Å²) in [4.78, 5) is 0. The summed E-state index contributed by atoms with van der Waals surface area (Å²) in [5.41, 5.74) is 3.39. The zero-order valence-corrected chi connectivity index (χ0v) is 11.1. The second kappa shape index (κ2) is 5.58. The highest BCUT2D eigenvalue weighted by atomic mass is 16.5. The highest BCUT2D eigenvalue weighted by molar-refractivity contribution is 5.44. The van der Waals surface area contributed by atoms with Gasteiger partial charge in [-0.2, -0.15) is 0 Å². The largest absolute Gasteiger partial charge is 0.471 e. The van der Waals surface area contributed by atoms with Crippen LogP contribution in [0.3, 0.4) is 0 Å². The van der Waals surface area contributed by atoms with Crippen LogP contribution in [-0.4, -0.2) is 6.23 Å². The lowest BCUT2D eigenvalue weighted by Crippen LogP contribution is -2.23. The second-order valence-electron chi connectivity index (χ2n) is 4.49. The first-order valence-electron chi connectivity index (χ1n) is 6.21. The molecule has 2 aromatic rings. The zero-order chi connectivity index (χ0) is 13.0. The maximum Gasteiger partial charge on any atom is 0.167 e. The van der Waals surface area contributed by atoms with Gasteiger partial charge >= 0.3 is 0 Å². The first-order valence-corrected chi connectivity index (χ1v) is 6.21. The highest BCUT2D eigenvalue weighted by Crippen LogP contribution is 2.23. The summed E-state index contributed by atoms with van der Waals surface area (Å²) >= 11 is 0. The normalized spacial score (nSPS) is 11.9. The van der Waals surface area contributed by atoms with Crippen LogP contribution in [0.2, 0.25) is 0 Å². The van der Waals surface area contributed by atoms with E-state index in [9.17, 15) is 0 Å². The van der Waals surface area contributed by atoms with Gasteiger partial charge in [0, 0.05) is 5.69 Å². The number of nitrogens with one attached hydrogen (secondary N) is 1. The molecule has 0 aliphatic carbocycles. The van der Waals surface area contributed by atoms with Crippen molar-refractivity contribution in [3.8, 4) is 5.75 Å². The molecule has 2 aromatic carbocycles. The van der Waals surface area contributed by atoms with Gasteiger partial charge in [-0.25, -0.2) is 0 Å². The third kappa shape index (κ3) is 3.04. The molecule has 0 radical (unpaired) electrons. The molecule has 0 saturated carbocycles. The standard InChI is InChI=1S/C16H19NO/c1-12-8-7-9-13(2)16(12)18-14(3)17-15-10-5-4-6-11-15/h4-11,14,17H,1-3H3. The lowest BCUT2D eigenvalue weighted by molar-refractivity contribution is 0.247. The minimum Gasteiger partial charge on any atom is -0.471 e. The second-order valence-corrected chi connectivity index (χ2v) is 4.49. The van der Waals surface area contributed by atoms with Gasteiger partial charge in [0.2, 0.25) is 0 Å². The Kier molecular flexibility index (Phi) is 3.88. The number of benzene rings is 2. The van der Waals surface area contributed by atoms with Crippen molar-refractivity contribution in [1.29, 1.82) is 0 Å². The smallest absolute Gasteiger partial charge is 0.167 e. The Hall–Kier alpha value is -1.96. The third-order valence-electron chi connectivity index (χ3n) is 2.85. The van der Waals surface area contributed by atoms with Crippen molar-refractivity contribution in [3.63, 3.8) is 0 Å². The van der Waals surface area contributed by atoms with Crippen LogP contribution in [0.4, 0.5) is 5.69 Å². The van der Waals surface area contributed by atoms with Crippen molar-refractivity contribution in [3.05, 3.63) is 59.7 Å². The minimum atomic E-state index is -0.0628. The topological polar surface area (TPSA) is 21.3 Å². The van der Waals surface area contributed by atoms with Crippen LogP contribution in [0.25, 0.3) is 0 Å². The molecular formula is C16H19NO. The molecule has 0 spiro atoms. The van der Waals surface area contributed by atoms with Crippen LogP contribution in [0.5, 0.6) is 5.75 Å². The van der Waals surface area contributed by atoms with Gasteiger partial charge in [-0.3, -0.25) is 0 Å². The molecule has 1 N–H and O–H groups in total. The number of ether oxygens (including phenoxy) is 1. The predicted molar refractivity (Wildman–Crippen MR) is 76.1 cm³/mol. The van der Waals surface area contributed by atoms with Gasteiger partial charge in [-0.1, -0.05) is 36.4 Å². The Bertz CT molecular complexity index is 488. The quantitative estimate of drug-likeness (QED) is 0.812. The van der Waals surface area contributed by atoms with E-state index in [0.717, 1.165) is 22.6 Å². The maximum absolute atomic E-state index is 5.97. The molecule has 0 heterocycles. The van der Waals surface area contributed by atoms with Gasteiger partial charge in [-0.15, -0.1) is 0 Å². The van der Waals surface area contributed by atoms with Gasteiger partial charge in [0.1, 0.15) is 5.75 Å². The van der Waals surface area contributed by atoms with E-state index < -0.39 is 0 Å². The van der Waals surface area contributed by atoms with E-state index in [1.165, 1.54) is 0 Å². The van der Waals surface area contributed by atoms with Crippen molar-refractivity contribution >= 4 is 5.69 Å². The van der Waals surface area contributed by atoms with E-state index in [-0.39, 0.29) is 6.23 Å². The van der Waals surface area contributed by atoms with Crippen LogP contribution in [0.15, 0.2) is 48.5 Å². The van der Waals surface area contributed by atoms with Crippen molar-refractivity contribution < 1.29 is 4.74 Å². The Morgan fingerprint density at radius 2 is 1.50 bits per heavy atom. The van der Waals surface area contributed by atoms with Crippen LogP contribution >= 0.6 is 0 Å². The molecule has 0 aromatic heterocycles. The summed E-state index contributed by atoms with van der Waals surface area (Å²) in [5.74, 6) is 0.966. The van der Waals surface area contributed by atoms with Crippen molar-refractivity contribution in [1.82, 2.24) is 0 Å². The van der Waals surface area contributed by atoms with Crippen molar-refractivity contribution in [2.75, 3.05) is 5.32 Å². The third-order valence-corrected chi connectivity index (χ3v) is 2.85. The van der Waals surface area contributed by atoms with Gasteiger partial charge in [0.15, 0.2) is 6.23 Å². The Morgan fingerprint density at radius 1 is 0.889 bits per heavy atom. The molecule has 94 valence electrons. The summed E-state index contributed by atoms with van der Waals surface area (Å²) in [5, 5.41) is 3.32. The van der Waals surface area contributed by atoms with Crippen molar-refractivity contribution in [2.45, 2.75) is 27.0 Å². The molecule has 2 nitrogen and oxygen atoms in total. The highest BCUT2D eigenvalue weighted by Gasteiger charge is 2.08. The van der Waals surface area contributed by atoms with Crippen molar-refractivity contribution in [2.24, 2.45) is 0 Å². The maximum atomic E-state index is 5.97. The zero-order valence-electron chi connectivity index (χ0n) is 11.1. The SMILES string of the molecule is Cc1cccc(C)c1OC(C)Nc1ccccc1. The lowest BCUT2D eigenvalue weighted by Gasteiger charge is -2.20. The number of para-hydroxylation sites is 2. The van der Waals surface area contributed by atoms with E-state index in [2.05, 4.69) is 31.3 Å². The molecule has 0 bridgehead atoms. The number of hydrogen-bond acceptors (Lipinski definition) is 2. The fourth-order valence-electron chi connectivity index (χ4n) is 1.96. The molecule has 0 aliphatic heterocycles. The summed E-state index contributed by atoms with van der Waals surface area (Å²) in [7, 11) is 0. The molecule has 0 fully saturated rings. The van der Waals surface area contributed by atoms with E-state index >= 15 is 0 Å². The molecule has 0 aliphatic rings. The van der Waals surface area contributed by atoms with Gasteiger partial charge in [0.05, 0.1) is 0 Å². The van der Waals surface area contributed by atoms with E-state index in [4.69, 9.17) is 4.74 Å². The number of aryl methyl sites for hydroxylation is 2. The molecule has 1 atom stereocenters. The van der Waals surface area contributed by atoms with E-state index in [1.807, 2.05) is 43.3 Å². The van der Waals surface area contributed by atoms with Gasteiger partial charge < -0.3 is 10.1 Å². The van der Waals surface area contributed by atoms with Gasteiger partial charge in [0.25, 0.3) is 0 Å². The lowest BCUT2D eigenvalue weighted by atomic mass is 10.1. The Morgan fingerprint density at radius 3 is 2.11 bits per heavy atom. The molecule has 0 saturated heterocycles. The number of anilines is 1. The molecule has 1 unspecified atom stereocenters. The van der Waals surface area contributed by atoms with Crippen LogP contribution < -0.4 is 10.1 Å². The van der Waals surface area contributed by atoms with E-state index in [0.29, 0.717) is 0 Å². The fraction of sp³-hybridized carbons (Fsp3) is 0.250. The Balaban J connectivity index is 2.06. The molecular weight excluding hydrogens is 222 g/mol. The summed E-state index contributed by atoms with van der Waals surface area (Å²) in [6, 6.07) is 16.3. The van der Waals surface area contributed by atoms with Crippen LogP contribution in [0.1, 0.15) is 18.1 Å².